The lowest BCUT2D eigenvalue weighted by Gasteiger charge is -2.30. The Morgan fingerprint density at radius 3 is 2.00 bits per heavy atom. The van der Waals surface area contributed by atoms with Gasteiger partial charge in [0.2, 0.25) is 0 Å². The summed E-state index contributed by atoms with van der Waals surface area (Å²) in [6.07, 6.45) is 2.36. The van der Waals surface area contributed by atoms with E-state index in [-0.39, 0.29) is 29.5 Å². The molecule has 0 aromatic rings. The van der Waals surface area contributed by atoms with E-state index in [1.165, 1.54) is 12.8 Å². The molecule has 19 heavy (non-hydrogen) atoms. The van der Waals surface area contributed by atoms with E-state index in [0.717, 1.165) is 6.54 Å². The van der Waals surface area contributed by atoms with Crippen molar-refractivity contribution in [3.05, 3.63) is 0 Å². The molecule has 1 unspecified atom stereocenters. The molecule has 0 aliphatic carbocycles. The smallest absolute Gasteiger partial charge is 0.189 e. The van der Waals surface area contributed by atoms with Crippen molar-refractivity contribution in [3.63, 3.8) is 0 Å². The lowest BCUT2D eigenvalue weighted by atomic mass is 9.93. The van der Waals surface area contributed by atoms with Crippen molar-refractivity contribution in [1.82, 2.24) is 10.2 Å². The average Bonchev–Trinajstić information content (AvgIpc) is 2.21. The molecule has 0 saturated heterocycles. The predicted molar refractivity (Wildman–Crippen MR) is 96.3 cm³/mol. The van der Waals surface area contributed by atoms with Crippen molar-refractivity contribution in [1.29, 1.82) is 0 Å². The molecular formula is C14H33IN4. The summed E-state index contributed by atoms with van der Waals surface area (Å²) in [6, 6.07) is 0.459. The van der Waals surface area contributed by atoms with Gasteiger partial charge in [-0.05, 0) is 40.8 Å². The van der Waals surface area contributed by atoms with Gasteiger partial charge in [0.25, 0.3) is 0 Å². The number of aliphatic imine (C=N–C) groups is 1. The zero-order chi connectivity index (χ0) is 14.3. The first-order valence-corrected chi connectivity index (χ1v) is 6.95. The number of hydrogen-bond donors (Lipinski definition) is 2. The summed E-state index contributed by atoms with van der Waals surface area (Å²) in [5.74, 6) is 1.21. The minimum atomic E-state index is -0.0316. The molecule has 0 fully saturated rings. The number of hydrogen-bond acceptors (Lipinski definition) is 2. The van der Waals surface area contributed by atoms with Gasteiger partial charge in [0.15, 0.2) is 5.96 Å². The van der Waals surface area contributed by atoms with E-state index in [2.05, 4.69) is 63.9 Å². The molecule has 4 nitrogen and oxygen atoms in total. The number of likely N-dealkylation sites (N-methyl/N-ethyl adjacent to an activating group) is 1. The van der Waals surface area contributed by atoms with Crippen LogP contribution in [0.4, 0.5) is 0 Å². The highest BCUT2D eigenvalue weighted by atomic mass is 127. The zero-order valence-corrected chi connectivity index (χ0v) is 16.0. The van der Waals surface area contributed by atoms with Gasteiger partial charge >= 0.3 is 0 Å². The van der Waals surface area contributed by atoms with E-state index in [4.69, 9.17) is 5.73 Å². The lowest BCUT2D eigenvalue weighted by molar-refractivity contribution is 0.206. The molecule has 0 amide bonds. The summed E-state index contributed by atoms with van der Waals surface area (Å²) in [4.78, 5) is 6.75. The van der Waals surface area contributed by atoms with E-state index >= 15 is 0 Å². The fourth-order valence-electron chi connectivity index (χ4n) is 2.18. The van der Waals surface area contributed by atoms with Gasteiger partial charge in [-0.3, -0.25) is 4.99 Å². The first kappa shape index (κ1) is 21.3. The second-order valence-corrected chi connectivity index (χ2v) is 6.21. The van der Waals surface area contributed by atoms with Gasteiger partial charge in [-0.1, -0.05) is 26.7 Å². The topological polar surface area (TPSA) is 53.6 Å². The van der Waals surface area contributed by atoms with Crippen molar-refractivity contribution in [2.45, 2.75) is 59.0 Å². The van der Waals surface area contributed by atoms with Crippen molar-refractivity contribution < 1.29 is 0 Å². The third kappa shape index (κ3) is 9.49. The highest BCUT2D eigenvalue weighted by Crippen LogP contribution is 2.17. The highest BCUT2D eigenvalue weighted by Gasteiger charge is 2.20. The Balaban J connectivity index is 0. The van der Waals surface area contributed by atoms with Crippen LogP contribution in [0.25, 0.3) is 0 Å². The molecule has 0 rings (SSSR count). The molecule has 0 radical (unpaired) electrons. The molecule has 0 spiro atoms. The van der Waals surface area contributed by atoms with Crippen LogP contribution in [0.2, 0.25) is 0 Å². The van der Waals surface area contributed by atoms with Gasteiger partial charge in [0, 0.05) is 11.6 Å². The van der Waals surface area contributed by atoms with E-state index in [9.17, 15) is 0 Å². The Labute approximate surface area is 136 Å². The van der Waals surface area contributed by atoms with Crippen LogP contribution in [0, 0.1) is 5.92 Å². The number of nitrogens with two attached hydrogens (primary N) is 1. The van der Waals surface area contributed by atoms with E-state index < -0.39 is 0 Å². The second-order valence-electron chi connectivity index (χ2n) is 6.21. The molecule has 0 aliphatic heterocycles. The van der Waals surface area contributed by atoms with E-state index in [0.29, 0.717) is 17.9 Å². The van der Waals surface area contributed by atoms with Crippen LogP contribution in [0.5, 0.6) is 0 Å². The van der Waals surface area contributed by atoms with Crippen LogP contribution < -0.4 is 11.1 Å². The summed E-state index contributed by atoms with van der Waals surface area (Å²) in [5.41, 5.74) is 5.88. The van der Waals surface area contributed by atoms with Crippen LogP contribution in [0.3, 0.4) is 0 Å². The summed E-state index contributed by atoms with van der Waals surface area (Å²) < 4.78 is 0. The van der Waals surface area contributed by atoms with Gasteiger partial charge in [0.05, 0.1) is 6.54 Å². The molecule has 0 bridgehead atoms. The number of guanidine groups is 1. The molecule has 116 valence electrons. The Morgan fingerprint density at radius 1 is 1.21 bits per heavy atom. The number of nitrogens with one attached hydrogen (secondary N) is 1. The maximum Gasteiger partial charge on any atom is 0.189 e. The number of rotatable bonds is 6. The van der Waals surface area contributed by atoms with Crippen molar-refractivity contribution in [3.8, 4) is 0 Å². The van der Waals surface area contributed by atoms with E-state index in [1.54, 1.807) is 0 Å². The zero-order valence-electron chi connectivity index (χ0n) is 13.7. The average molecular weight is 384 g/mol. The fourth-order valence-corrected chi connectivity index (χ4v) is 2.18. The molecule has 5 heteroatoms. The van der Waals surface area contributed by atoms with Crippen LogP contribution in [-0.2, 0) is 0 Å². The summed E-state index contributed by atoms with van der Waals surface area (Å²) in [6.45, 7) is 11.5. The van der Waals surface area contributed by atoms with Crippen LogP contribution in [0.1, 0.15) is 47.5 Å². The van der Waals surface area contributed by atoms with Crippen LogP contribution in [0.15, 0.2) is 4.99 Å². The van der Waals surface area contributed by atoms with Gasteiger partial charge in [-0.15, -0.1) is 24.0 Å². The standard InChI is InChI=1S/C14H32N4.HI/c1-8-11(9-2)12(18(6)7)10-16-13(15)17-14(3,4)5;/h11-12H,8-10H2,1-7H3,(H3,15,16,17);1H. The SMILES string of the molecule is CCC(CC)C(CN=C(N)NC(C)(C)C)N(C)C.I. The molecule has 0 saturated carbocycles. The quantitative estimate of drug-likeness (QED) is 0.421. The molecule has 3 N–H and O–H groups in total. The third-order valence-electron chi connectivity index (χ3n) is 3.21. The van der Waals surface area contributed by atoms with Gasteiger partial charge < -0.3 is 16.0 Å². The van der Waals surface area contributed by atoms with Gasteiger partial charge in [0.1, 0.15) is 0 Å². The van der Waals surface area contributed by atoms with Crippen molar-refractivity contribution in [2.24, 2.45) is 16.6 Å². The predicted octanol–water partition coefficient (Wildman–Crippen LogP) is 2.67. The van der Waals surface area contributed by atoms with Crippen LogP contribution in [-0.4, -0.2) is 43.1 Å². The minimum Gasteiger partial charge on any atom is -0.370 e. The Bertz CT molecular complexity index is 255. The Hall–Kier alpha value is -0.0400. The maximum absolute atomic E-state index is 5.91. The highest BCUT2D eigenvalue weighted by molar-refractivity contribution is 14.0. The van der Waals surface area contributed by atoms with Gasteiger partial charge in [-0.25, -0.2) is 0 Å². The Morgan fingerprint density at radius 2 is 1.68 bits per heavy atom. The van der Waals surface area contributed by atoms with Crippen LogP contribution >= 0.6 is 24.0 Å². The fraction of sp³-hybridized carbons (Fsp3) is 0.929. The maximum atomic E-state index is 5.91. The second kappa shape index (κ2) is 9.80. The number of halogens is 1. The largest absolute Gasteiger partial charge is 0.370 e. The first-order chi connectivity index (χ1) is 8.21. The monoisotopic (exact) mass is 384 g/mol. The normalized spacial score (nSPS) is 14.5. The first-order valence-electron chi connectivity index (χ1n) is 6.95. The molecular weight excluding hydrogens is 351 g/mol. The summed E-state index contributed by atoms with van der Waals surface area (Å²) >= 11 is 0. The van der Waals surface area contributed by atoms with Crippen molar-refractivity contribution in [2.75, 3.05) is 20.6 Å². The molecule has 1 atom stereocenters. The molecule has 0 heterocycles. The summed E-state index contributed by atoms with van der Waals surface area (Å²) in [7, 11) is 4.23. The molecule has 0 aromatic carbocycles. The number of nitrogens with zero attached hydrogens (tertiary/aromatic N) is 2. The molecule has 0 aromatic heterocycles. The van der Waals surface area contributed by atoms with Gasteiger partial charge in [-0.2, -0.15) is 0 Å². The lowest BCUT2D eigenvalue weighted by Crippen LogP contribution is -2.46. The molecule has 0 aliphatic rings. The van der Waals surface area contributed by atoms with Crippen molar-refractivity contribution >= 4 is 29.9 Å². The minimum absolute atomic E-state index is 0. The Kier molecular flexibility index (Phi) is 11.0. The summed E-state index contributed by atoms with van der Waals surface area (Å²) in [5, 5.41) is 3.20. The third-order valence-corrected chi connectivity index (χ3v) is 3.21. The van der Waals surface area contributed by atoms with E-state index in [1.807, 2.05) is 0 Å².